The van der Waals surface area contributed by atoms with E-state index in [9.17, 15) is 0 Å². The second-order valence-electron chi connectivity index (χ2n) is 3.33. The van der Waals surface area contributed by atoms with Crippen LogP contribution >= 0.6 is 24.0 Å². The van der Waals surface area contributed by atoms with Gasteiger partial charge in [-0.25, -0.2) is 0 Å². The molecule has 0 aliphatic heterocycles. The average Bonchev–Trinajstić information content (AvgIpc) is 2.59. The number of nitrogens with one attached hydrogen (secondary N) is 1. The lowest BCUT2D eigenvalue weighted by Gasteiger charge is -1.91. The van der Waals surface area contributed by atoms with E-state index in [1.165, 1.54) is 10.8 Å². The van der Waals surface area contributed by atoms with Crippen molar-refractivity contribution in [3.8, 4) is 0 Å². The number of halogens is 2. The van der Waals surface area contributed by atoms with Crippen LogP contribution < -0.4 is 0 Å². The predicted molar refractivity (Wildman–Crippen MR) is 68.1 cm³/mol. The van der Waals surface area contributed by atoms with Crippen molar-refractivity contribution < 1.29 is 0 Å². The van der Waals surface area contributed by atoms with E-state index in [1.54, 1.807) is 0 Å². The van der Waals surface area contributed by atoms with Gasteiger partial charge in [-0.1, -0.05) is 41.9 Å². The predicted octanol–water partition coefficient (Wildman–Crippen LogP) is 4.40. The van der Waals surface area contributed by atoms with Gasteiger partial charge in [0.15, 0.2) is 0 Å². The lowest BCUT2D eigenvalue weighted by Crippen LogP contribution is -1.68. The molecular weight excluding hydrogens is 229 g/mol. The van der Waals surface area contributed by atoms with Crippen molar-refractivity contribution in [2.75, 3.05) is 0 Å². The highest BCUT2D eigenvalue weighted by molar-refractivity contribution is 6.36. The summed E-state index contributed by atoms with van der Waals surface area (Å²) in [5.41, 5.74) is 2.16. The molecule has 1 heterocycles. The van der Waals surface area contributed by atoms with Crippen LogP contribution in [0.15, 0.2) is 42.5 Å². The van der Waals surface area contributed by atoms with Crippen LogP contribution in [-0.4, -0.2) is 4.98 Å². The van der Waals surface area contributed by atoms with Crippen LogP contribution in [0.5, 0.6) is 0 Å². The van der Waals surface area contributed by atoms with Gasteiger partial charge in [-0.2, -0.15) is 0 Å². The molecule has 1 N–H and O–H groups in total. The van der Waals surface area contributed by atoms with E-state index in [4.69, 9.17) is 11.6 Å². The van der Waals surface area contributed by atoms with Crippen molar-refractivity contribution in [2.45, 2.75) is 0 Å². The molecule has 76 valence electrons. The van der Waals surface area contributed by atoms with Crippen LogP contribution in [0.1, 0.15) is 0 Å². The zero-order valence-electron chi connectivity index (χ0n) is 7.83. The fraction of sp³-hybridized carbons (Fsp3) is 0. The number of H-pyrrole nitrogens is 1. The SMILES string of the molecule is Cl.Clc1cccc2c1[nH]c1ccccc12. The second-order valence-corrected chi connectivity index (χ2v) is 3.74. The molecule has 0 fully saturated rings. The van der Waals surface area contributed by atoms with E-state index in [-0.39, 0.29) is 12.4 Å². The summed E-state index contributed by atoms with van der Waals surface area (Å²) in [7, 11) is 0. The molecule has 0 saturated carbocycles. The Morgan fingerprint density at radius 1 is 0.867 bits per heavy atom. The van der Waals surface area contributed by atoms with Gasteiger partial charge in [0.1, 0.15) is 0 Å². The summed E-state index contributed by atoms with van der Waals surface area (Å²) in [6.45, 7) is 0. The summed E-state index contributed by atoms with van der Waals surface area (Å²) < 4.78 is 0. The molecule has 0 bridgehead atoms. The van der Waals surface area contributed by atoms with Crippen molar-refractivity contribution in [1.29, 1.82) is 0 Å². The summed E-state index contributed by atoms with van der Waals surface area (Å²) in [4.78, 5) is 3.31. The Hall–Kier alpha value is -1.18. The highest BCUT2D eigenvalue weighted by atomic mass is 35.5. The minimum Gasteiger partial charge on any atom is -0.353 e. The Morgan fingerprint density at radius 3 is 2.47 bits per heavy atom. The topological polar surface area (TPSA) is 15.8 Å². The van der Waals surface area contributed by atoms with Gasteiger partial charge in [0, 0.05) is 16.3 Å². The van der Waals surface area contributed by atoms with E-state index in [1.807, 2.05) is 24.3 Å². The van der Waals surface area contributed by atoms with Gasteiger partial charge in [-0.15, -0.1) is 12.4 Å². The first kappa shape index (κ1) is 10.3. The molecular formula is C12H9Cl2N. The van der Waals surface area contributed by atoms with E-state index < -0.39 is 0 Å². The zero-order valence-corrected chi connectivity index (χ0v) is 9.40. The quantitative estimate of drug-likeness (QED) is 0.597. The molecule has 2 aromatic carbocycles. The van der Waals surface area contributed by atoms with Crippen LogP contribution in [0.4, 0.5) is 0 Å². The lowest BCUT2D eigenvalue weighted by atomic mass is 10.2. The maximum atomic E-state index is 6.10. The Kier molecular flexibility index (Phi) is 2.59. The van der Waals surface area contributed by atoms with Gasteiger partial charge >= 0.3 is 0 Å². The molecule has 3 rings (SSSR count). The molecule has 3 heteroatoms. The Morgan fingerprint density at radius 2 is 1.60 bits per heavy atom. The maximum absolute atomic E-state index is 6.10. The van der Waals surface area contributed by atoms with Crippen molar-refractivity contribution in [1.82, 2.24) is 4.98 Å². The summed E-state index contributed by atoms with van der Waals surface area (Å²) in [5.74, 6) is 0. The monoisotopic (exact) mass is 237 g/mol. The van der Waals surface area contributed by atoms with Crippen molar-refractivity contribution in [3.05, 3.63) is 47.5 Å². The maximum Gasteiger partial charge on any atom is 0.0654 e. The fourth-order valence-electron chi connectivity index (χ4n) is 1.84. The number of para-hydroxylation sites is 2. The minimum absolute atomic E-state index is 0. The van der Waals surface area contributed by atoms with Gasteiger partial charge in [0.2, 0.25) is 0 Å². The first-order valence-corrected chi connectivity index (χ1v) is 4.89. The number of hydrogen-bond acceptors (Lipinski definition) is 0. The highest BCUT2D eigenvalue weighted by Gasteiger charge is 2.04. The van der Waals surface area contributed by atoms with Crippen molar-refractivity contribution >= 4 is 45.8 Å². The van der Waals surface area contributed by atoms with Gasteiger partial charge in [-0.3, -0.25) is 0 Å². The molecule has 0 unspecified atom stereocenters. The molecule has 0 aliphatic rings. The molecule has 0 spiro atoms. The van der Waals surface area contributed by atoms with E-state index in [0.717, 1.165) is 16.1 Å². The number of benzene rings is 2. The zero-order chi connectivity index (χ0) is 9.54. The molecule has 3 aromatic rings. The van der Waals surface area contributed by atoms with Gasteiger partial charge in [0.05, 0.1) is 10.5 Å². The number of fused-ring (bicyclic) bond motifs is 3. The van der Waals surface area contributed by atoms with Crippen molar-refractivity contribution in [3.63, 3.8) is 0 Å². The van der Waals surface area contributed by atoms with Crippen LogP contribution in [-0.2, 0) is 0 Å². The minimum atomic E-state index is 0. The number of hydrogen-bond donors (Lipinski definition) is 1. The first-order valence-electron chi connectivity index (χ1n) is 4.51. The number of aromatic nitrogens is 1. The summed E-state index contributed by atoms with van der Waals surface area (Å²) in [6, 6.07) is 14.2. The summed E-state index contributed by atoms with van der Waals surface area (Å²) >= 11 is 6.10. The second kappa shape index (κ2) is 3.76. The van der Waals surface area contributed by atoms with Crippen LogP contribution in [0.2, 0.25) is 5.02 Å². The molecule has 0 aliphatic carbocycles. The summed E-state index contributed by atoms with van der Waals surface area (Å²) in [6.07, 6.45) is 0. The number of aromatic amines is 1. The van der Waals surface area contributed by atoms with E-state index in [2.05, 4.69) is 23.2 Å². The van der Waals surface area contributed by atoms with E-state index >= 15 is 0 Å². The molecule has 0 radical (unpaired) electrons. The number of rotatable bonds is 0. The third-order valence-corrected chi connectivity index (χ3v) is 2.81. The Balaban J connectivity index is 0.000000853. The molecule has 0 amide bonds. The molecule has 0 atom stereocenters. The fourth-order valence-corrected chi connectivity index (χ4v) is 2.06. The van der Waals surface area contributed by atoms with Gasteiger partial charge in [0.25, 0.3) is 0 Å². The standard InChI is InChI=1S/C12H8ClN.ClH/c13-10-6-3-5-9-8-4-1-2-7-11(8)14-12(9)10;/h1-7,14H;1H. The molecule has 1 aromatic heterocycles. The summed E-state index contributed by atoms with van der Waals surface area (Å²) in [5, 5.41) is 3.19. The Labute approximate surface area is 98.5 Å². The molecule has 1 nitrogen and oxygen atoms in total. The average molecular weight is 238 g/mol. The first-order chi connectivity index (χ1) is 6.86. The lowest BCUT2D eigenvalue weighted by molar-refractivity contribution is 1.55. The highest BCUT2D eigenvalue weighted by Crippen LogP contribution is 2.29. The van der Waals surface area contributed by atoms with Crippen LogP contribution in [0.25, 0.3) is 21.8 Å². The van der Waals surface area contributed by atoms with Gasteiger partial charge in [-0.05, 0) is 12.1 Å². The largest absolute Gasteiger partial charge is 0.353 e. The third-order valence-electron chi connectivity index (χ3n) is 2.49. The van der Waals surface area contributed by atoms with Crippen molar-refractivity contribution in [2.24, 2.45) is 0 Å². The molecule has 15 heavy (non-hydrogen) atoms. The van der Waals surface area contributed by atoms with Gasteiger partial charge < -0.3 is 4.98 Å². The van der Waals surface area contributed by atoms with Crippen LogP contribution in [0.3, 0.4) is 0 Å². The van der Waals surface area contributed by atoms with E-state index in [0.29, 0.717) is 0 Å². The third kappa shape index (κ3) is 1.48. The smallest absolute Gasteiger partial charge is 0.0654 e. The normalized spacial score (nSPS) is 10.5. The van der Waals surface area contributed by atoms with Crippen LogP contribution in [0, 0.1) is 0 Å². The molecule has 0 saturated heterocycles. The Bertz CT molecular complexity index is 613.